The van der Waals surface area contributed by atoms with Crippen molar-refractivity contribution in [3.05, 3.63) is 53.7 Å². The number of H-pyrrole nitrogens is 2. The van der Waals surface area contributed by atoms with Crippen LogP contribution in [0.2, 0.25) is 0 Å². The van der Waals surface area contributed by atoms with E-state index in [4.69, 9.17) is 5.73 Å². The lowest BCUT2D eigenvalue weighted by molar-refractivity contribution is -0.0151. The summed E-state index contributed by atoms with van der Waals surface area (Å²) in [6.45, 7) is 0.0890. The van der Waals surface area contributed by atoms with E-state index in [0.717, 1.165) is 60.0 Å². The van der Waals surface area contributed by atoms with Crippen LogP contribution >= 0.6 is 0 Å². The van der Waals surface area contributed by atoms with E-state index in [1.165, 1.54) is 6.42 Å². The number of primary amides is 1. The molecule has 2 aliphatic rings. The number of aliphatic hydroxyl groups is 2. The zero-order valence-corrected chi connectivity index (χ0v) is 21.1. The van der Waals surface area contributed by atoms with Crippen LogP contribution in [-0.4, -0.2) is 60.8 Å². The van der Waals surface area contributed by atoms with E-state index in [-0.39, 0.29) is 18.2 Å². The Morgan fingerprint density at radius 1 is 1.11 bits per heavy atom. The number of para-hydroxylation sites is 1. The predicted octanol–water partition coefficient (Wildman–Crippen LogP) is 3.84. The molecule has 1 aromatic carbocycles. The van der Waals surface area contributed by atoms with Crippen LogP contribution in [0, 0.1) is 11.8 Å². The maximum absolute atomic E-state index is 13.9. The quantitative estimate of drug-likeness (QED) is 0.283. The number of aliphatic hydroxyl groups excluding tert-OH is 2. The third-order valence-corrected chi connectivity index (χ3v) is 8.18. The smallest absolute Gasteiger partial charge is 0.321 e. The molecule has 0 spiro atoms. The number of urea groups is 1. The Kier molecular flexibility index (Phi) is 7.62. The molecule has 9 nitrogen and oxygen atoms in total. The molecule has 37 heavy (non-hydrogen) atoms. The maximum Gasteiger partial charge on any atom is 0.321 e. The molecule has 3 amide bonds. The van der Waals surface area contributed by atoms with Crippen molar-refractivity contribution in [2.75, 3.05) is 6.54 Å². The molecule has 0 unspecified atom stereocenters. The van der Waals surface area contributed by atoms with Crippen LogP contribution in [0.25, 0.3) is 10.9 Å². The minimum Gasteiger partial charge on any atom is -0.390 e. The van der Waals surface area contributed by atoms with Gasteiger partial charge in [-0.15, -0.1) is 0 Å². The predicted molar refractivity (Wildman–Crippen MR) is 140 cm³/mol. The monoisotopic (exact) mass is 507 g/mol. The van der Waals surface area contributed by atoms with Gasteiger partial charge in [0.25, 0.3) is 5.91 Å². The molecule has 3 atom stereocenters. The fourth-order valence-corrected chi connectivity index (χ4v) is 5.98. The van der Waals surface area contributed by atoms with E-state index >= 15 is 0 Å². The lowest BCUT2D eigenvalue weighted by Gasteiger charge is -2.32. The van der Waals surface area contributed by atoms with Crippen molar-refractivity contribution in [1.29, 1.82) is 0 Å². The van der Waals surface area contributed by atoms with Gasteiger partial charge < -0.3 is 25.9 Å². The number of amides is 3. The molecule has 2 heterocycles. The summed E-state index contributed by atoms with van der Waals surface area (Å²) in [6, 6.07) is 6.76. The van der Waals surface area contributed by atoms with Gasteiger partial charge >= 0.3 is 6.03 Å². The number of aromatic nitrogens is 3. The summed E-state index contributed by atoms with van der Waals surface area (Å²) in [5, 5.41) is 23.4. The summed E-state index contributed by atoms with van der Waals surface area (Å²) < 4.78 is 0. The van der Waals surface area contributed by atoms with Crippen molar-refractivity contribution in [2.24, 2.45) is 17.6 Å². The van der Waals surface area contributed by atoms with Crippen molar-refractivity contribution in [3.63, 3.8) is 0 Å². The van der Waals surface area contributed by atoms with Gasteiger partial charge in [-0.05, 0) is 42.7 Å². The molecule has 6 N–H and O–H groups in total. The van der Waals surface area contributed by atoms with Gasteiger partial charge in [0.1, 0.15) is 5.69 Å². The number of hydrogen-bond donors (Lipinski definition) is 5. The normalized spacial score (nSPS) is 19.0. The Labute approximate surface area is 216 Å². The number of rotatable bonds is 10. The lowest BCUT2D eigenvalue weighted by Crippen LogP contribution is -2.43. The number of benzene rings is 1. The Balaban J connectivity index is 1.54. The van der Waals surface area contributed by atoms with Crippen molar-refractivity contribution in [2.45, 2.75) is 75.9 Å². The van der Waals surface area contributed by atoms with Gasteiger partial charge in [0.05, 0.1) is 18.5 Å². The Morgan fingerprint density at radius 3 is 2.54 bits per heavy atom. The number of nitrogens with zero attached hydrogens (tertiary/aromatic N) is 2. The molecule has 0 saturated heterocycles. The molecule has 2 saturated carbocycles. The first kappa shape index (κ1) is 25.5. The first-order valence-corrected chi connectivity index (χ1v) is 13.5. The first-order valence-electron chi connectivity index (χ1n) is 13.5. The van der Waals surface area contributed by atoms with Crippen molar-refractivity contribution < 1.29 is 19.8 Å². The first-order chi connectivity index (χ1) is 17.9. The highest BCUT2D eigenvalue weighted by molar-refractivity contribution is 6.07. The molecule has 3 aromatic rings. The third kappa shape index (κ3) is 5.57. The van der Waals surface area contributed by atoms with Crippen LogP contribution in [0.4, 0.5) is 4.79 Å². The summed E-state index contributed by atoms with van der Waals surface area (Å²) in [5.41, 5.74) is 8.14. The molecular weight excluding hydrogens is 470 g/mol. The summed E-state index contributed by atoms with van der Waals surface area (Å²) in [6.07, 6.45) is 9.88. The SMILES string of the molecule is NC(=O)N(CCc1cnc[nH]1)C(=O)c1[nH]c2ccccc2c1[C@H](CC1CCCCC1)[C@@H](O)[C@@H](O)C1CC1. The Morgan fingerprint density at radius 2 is 1.86 bits per heavy atom. The topological polar surface area (TPSA) is 148 Å². The largest absolute Gasteiger partial charge is 0.390 e. The average Bonchev–Trinajstić information content (AvgIpc) is 3.49. The van der Waals surface area contributed by atoms with Crippen molar-refractivity contribution >= 4 is 22.8 Å². The number of carbonyl (C=O) groups excluding carboxylic acids is 2. The van der Waals surface area contributed by atoms with E-state index in [9.17, 15) is 19.8 Å². The lowest BCUT2D eigenvalue weighted by atomic mass is 9.76. The number of imidazole rings is 1. The van der Waals surface area contributed by atoms with Gasteiger partial charge in [0.15, 0.2) is 0 Å². The van der Waals surface area contributed by atoms with E-state index in [2.05, 4.69) is 15.0 Å². The van der Waals surface area contributed by atoms with Gasteiger partial charge in [-0.2, -0.15) is 0 Å². The van der Waals surface area contributed by atoms with Gasteiger partial charge in [0, 0.05) is 41.7 Å². The van der Waals surface area contributed by atoms with Crippen LogP contribution in [0.5, 0.6) is 0 Å². The number of hydrogen-bond acceptors (Lipinski definition) is 5. The van der Waals surface area contributed by atoms with Gasteiger partial charge in [-0.3, -0.25) is 9.69 Å². The minimum atomic E-state index is -1.01. The number of nitrogens with one attached hydrogen (secondary N) is 2. The second-order valence-corrected chi connectivity index (χ2v) is 10.7. The molecule has 2 aliphatic carbocycles. The van der Waals surface area contributed by atoms with Gasteiger partial charge in [-0.1, -0.05) is 50.3 Å². The van der Waals surface area contributed by atoms with E-state index in [0.29, 0.717) is 24.3 Å². The second-order valence-electron chi connectivity index (χ2n) is 10.7. The van der Waals surface area contributed by atoms with Crippen LogP contribution in [-0.2, 0) is 6.42 Å². The minimum absolute atomic E-state index is 0.0877. The molecule has 9 heteroatoms. The highest BCUT2D eigenvalue weighted by Crippen LogP contribution is 2.44. The van der Waals surface area contributed by atoms with Gasteiger partial charge in [-0.25, -0.2) is 9.78 Å². The fourth-order valence-electron chi connectivity index (χ4n) is 5.98. The fraction of sp³-hybridized carbons (Fsp3) is 0.536. The molecule has 0 radical (unpaired) electrons. The van der Waals surface area contributed by atoms with E-state index < -0.39 is 30.1 Å². The molecule has 0 aliphatic heterocycles. The summed E-state index contributed by atoms with van der Waals surface area (Å²) in [5.74, 6) is -0.482. The number of imide groups is 1. The van der Waals surface area contributed by atoms with E-state index in [1.54, 1.807) is 12.5 Å². The third-order valence-electron chi connectivity index (χ3n) is 8.18. The molecule has 0 bridgehead atoms. The highest BCUT2D eigenvalue weighted by Gasteiger charge is 2.41. The molecule has 2 fully saturated rings. The summed E-state index contributed by atoms with van der Waals surface area (Å²) in [7, 11) is 0. The molecule has 5 rings (SSSR count). The zero-order valence-electron chi connectivity index (χ0n) is 21.1. The number of nitrogens with two attached hydrogens (primary N) is 1. The molecule has 198 valence electrons. The van der Waals surface area contributed by atoms with Gasteiger partial charge in [0.2, 0.25) is 0 Å². The standard InChI is InChI=1S/C28H37N5O4/c29-28(37)33(13-12-19-15-30-16-31-19)27(36)24-23(20-8-4-5-9-22(20)32-24)21(14-17-6-2-1-3-7-17)26(35)25(34)18-10-11-18/h4-5,8-9,15-18,21,25-26,32,34-35H,1-3,6-7,10-14H2,(H2,29,37)(H,30,31)/t21-,25-,26+/m0/s1. The number of aromatic amines is 2. The Bertz CT molecular complexity index is 1210. The van der Waals surface area contributed by atoms with Crippen LogP contribution in [0.15, 0.2) is 36.8 Å². The average molecular weight is 508 g/mol. The van der Waals surface area contributed by atoms with Crippen LogP contribution < -0.4 is 5.73 Å². The maximum atomic E-state index is 13.9. The molecular formula is C28H37N5O4. The van der Waals surface area contributed by atoms with E-state index in [1.807, 2.05) is 24.3 Å². The van der Waals surface area contributed by atoms with Crippen LogP contribution in [0.1, 0.15) is 79.0 Å². The summed E-state index contributed by atoms with van der Waals surface area (Å²) >= 11 is 0. The number of carbonyl (C=O) groups is 2. The number of fused-ring (bicyclic) bond motifs is 1. The second kappa shape index (κ2) is 11.1. The van der Waals surface area contributed by atoms with Crippen molar-refractivity contribution in [1.82, 2.24) is 19.9 Å². The Hall–Kier alpha value is -3.17. The summed E-state index contributed by atoms with van der Waals surface area (Å²) in [4.78, 5) is 37.6. The van der Waals surface area contributed by atoms with Crippen molar-refractivity contribution in [3.8, 4) is 0 Å². The highest BCUT2D eigenvalue weighted by atomic mass is 16.3. The van der Waals surface area contributed by atoms with Crippen LogP contribution in [0.3, 0.4) is 0 Å². The zero-order chi connectivity index (χ0) is 25.9. The molecule has 2 aromatic heterocycles.